The van der Waals surface area contributed by atoms with Crippen molar-refractivity contribution in [2.75, 3.05) is 10.6 Å². The van der Waals surface area contributed by atoms with Gasteiger partial charge in [-0.1, -0.05) is 63.2 Å². The third-order valence-corrected chi connectivity index (χ3v) is 5.32. The molecule has 0 unspecified atom stereocenters. The molecule has 2 N–H and O–H groups in total. The number of rotatable bonds is 8. The summed E-state index contributed by atoms with van der Waals surface area (Å²) in [5.74, 6) is 0.365. The van der Waals surface area contributed by atoms with Crippen LogP contribution in [-0.4, -0.2) is 17.9 Å². The fourth-order valence-corrected chi connectivity index (χ4v) is 3.30. The van der Waals surface area contributed by atoms with Gasteiger partial charge in [-0.05, 0) is 66.3 Å². The first-order chi connectivity index (χ1) is 15.7. The van der Waals surface area contributed by atoms with Crippen LogP contribution in [0.2, 0.25) is 0 Å². The van der Waals surface area contributed by atoms with E-state index in [1.54, 1.807) is 31.2 Å². The Balaban J connectivity index is 1.47. The van der Waals surface area contributed by atoms with Crippen LogP contribution in [0.3, 0.4) is 0 Å². The molecule has 0 saturated carbocycles. The number of hydrogen-bond acceptors (Lipinski definition) is 3. The molecule has 0 saturated heterocycles. The normalized spacial score (nSPS) is 12.0. The van der Waals surface area contributed by atoms with E-state index in [1.165, 1.54) is 5.56 Å². The van der Waals surface area contributed by atoms with Gasteiger partial charge in [0.2, 0.25) is 5.91 Å². The van der Waals surface area contributed by atoms with E-state index in [4.69, 9.17) is 4.74 Å². The molecule has 0 fully saturated rings. The smallest absolute Gasteiger partial charge is 0.265 e. The van der Waals surface area contributed by atoms with Crippen molar-refractivity contribution in [3.63, 3.8) is 0 Å². The Hall–Kier alpha value is -3.60. The predicted octanol–water partition coefficient (Wildman–Crippen LogP) is 5.96. The third kappa shape index (κ3) is 7.49. The van der Waals surface area contributed by atoms with Gasteiger partial charge in [0.15, 0.2) is 6.10 Å². The molecular weight excluding hydrogens is 412 g/mol. The Bertz CT molecular complexity index is 1050. The lowest BCUT2D eigenvalue weighted by molar-refractivity contribution is -0.122. The minimum absolute atomic E-state index is 0.0462. The fraction of sp³-hybridized carbons (Fsp3) is 0.286. The summed E-state index contributed by atoms with van der Waals surface area (Å²) in [7, 11) is 0. The van der Waals surface area contributed by atoms with Crippen molar-refractivity contribution >= 4 is 23.2 Å². The first kappa shape index (κ1) is 24.1. The van der Waals surface area contributed by atoms with E-state index in [1.807, 2.05) is 54.6 Å². The first-order valence-corrected chi connectivity index (χ1v) is 11.2. The van der Waals surface area contributed by atoms with Crippen LogP contribution in [0.15, 0.2) is 78.9 Å². The lowest BCUT2D eigenvalue weighted by Gasteiger charge is -2.20. The van der Waals surface area contributed by atoms with Gasteiger partial charge in [0.25, 0.3) is 5.91 Å². The molecule has 5 heteroatoms. The van der Waals surface area contributed by atoms with Crippen LogP contribution >= 0.6 is 0 Å². The Kier molecular flexibility index (Phi) is 7.88. The largest absolute Gasteiger partial charge is 0.481 e. The molecule has 3 aromatic carbocycles. The molecule has 3 aromatic rings. The zero-order chi connectivity index (χ0) is 23.8. The van der Waals surface area contributed by atoms with Crippen molar-refractivity contribution in [3.8, 4) is 5.75 Å². The molecule has 0 aliphatic heterocycles. The van der Waals surface area contributed by atoms with Crippen LogP contribution in [-0.2, 0) is 21.4 Å². The summed E-state index contributed by atoms with van der Waals surface area (Å²) in [5, 5.41) is 5.73. The van der Waals surface area contributed by atoms with Crippen LogP contribution in [0.4, 0.5) is 11.4 Å². The third-order valence-electron chi connectivity index (χ3n) is 5.32. The van der Waals surface area contributed by atoms with E-state index in [0.717, 1.165) is 5.56 Å². The van der Waals surface area contributed by atoms with E-state index in [0.29, 0.717) is 30.0 Å². The zero-order valence-electron chi connectivity index (χ0n) is 19.7. The Morgan fingerprint density at radius 2 is 1.39 bits per heavy atom. The number of benzene rings is 3. The van der Waals surface area contributed by atoms with Gasteiger partial charge in [0, 0.05) is 17.8 Å². The number of carbonyl (C=O) groups is 2. The lowest BCUT2D eigenvalue weighted by atomic mass is 9.87. The SMILES string of the molecule is C[C@@H](Oc1ccc(C(C)(C)C)cc1)C(=O)Nc1ccc(NC(=O)CCc2ccccc2)cc1. The number of anilines is 2. The molecule has 0 aromatic heterocycles. The van der Waals surface area contributed by atoms with Crippen molar-refractivity contribution < 1.29 is 14.3 Å². The Morgan fingerprint density at radius 1 is 0.818 bits per heavy atom. The van der Waals surface area contributed by atoms with E-state index in [-0.39, 0.29) is 17.2 Å². The minimum Gasteiger partial charge on any atom is -0.481 e. The molecule has 172 valence electrons. The molecular formula is C28H32N2O3. The number of hydrogen-bond donors (Lipinski definition) is 2. The van der Waals surface area contributed by atoms with Crippen molar-refractivity contribution in [2.24, 2.45) is 0 Å². The summed E-state index contributed by atoms with van der Waals surface area (Å²) in [6.07, 6.45) is 0.453. The predicted molar refractivity (Wildman–Crippen MR) is 134 cm³/mol. The Labute approximate surface area is 196 Å². The van der Waals surface area contributed by atoms with Gasteiger partial charge < -0.3 is 15.4 Å². The summed E-state index contributed by atoms with van der Waals surface area (Å²) in [5.41, 5.74) is 3.73. The van der Waals surface area contributed by atoms with E-state index in [2.05, 4.69) is 31.4 Å². The molecule has 0 bridgehead atoms. The summed E-state index contributed by atoms with van der Waals surface area (Å²) >= 11 is 0. The van der Waals surface area contributed by atoms with Crippen LogP contribution in [0, 0.1) is 0 Å². The summed E-state index contributed by atoms with van der Waals surface area (Å²) in [4.78, 5) is 24.7. The second-order valence-electron chi connectivity index (χ2n) is 9.13. The van der Waals surface area contributed by atoms with Gasteiger partial charge >= 0.3 is 0 Å². The van der Waals surface area contributed by atoms with Crippen LogP contribution in [0.5, 0.6) is 5.75 Å². The molecule has 0 radical (unpaired) electrons. The summed E-state index contributed by atoms with van der Waals surface area (Å²) in [6, 6.07) is 24.8. The highest BCUT2D eigenvalue weighted by molar-refractivity contribution is 5.95. The number of carbonyl (C=O) groups excluding carboxylic acids is 2. The maximum Gasteiger partial charge on any atom is 0.265 e. The average molecular weight is 445 g/mol. The minimum atomic E-state index is -0.650. The molecule has 33 heavy (non-hydrogen) atoms. The number of aryl methyl sites for hydroxylation is 1. The van der Waals surface area contributed by atoms with Gasteiger partial charge in [-0.2, -0.15) is 0 Å². The summed E-state index contributed by atoms with van der Waals surface area (Å²) in [6.45, 7) is 8.18. The molecule has 5 nitrogen and oxygen atoms in total. The summed E-state index contributed by atoms with van der Waals surface area (Å²) < 4.78 is 5.79. The van der Waals surface area contributed by atoms with Crippen LogP contribution in [0.25, 0.3) is 0 Å². The molecule has 1 atom stereocenters. The molecule has 0 aliphatic carbocycles. The molecule has 2 amide bonds. The number of nitrogens with one attached hydrogen (secondary N) is 2. The highest BCUT2D eigenvalue weighted by Crippen LogP contribution is 2.25. The highest BCUT2D eigenvalue weighted by atomic mass is 16.5. The second kappa shape index (κ2) is 10.8. The topological polar surface area (TPSA) is 67.4 Å². The van der Waals surface area contributed by atoms with Crippen molar-refractivity contribution in [1.29, 1.82) is 0 Å². The van der Waals surface area contributed by atoms with Gasteiger partial charge in [-0.3, -0.25) is 9.59 Å². The first-order valence-electron chi connectivity index (χ1n) is 11.2. The van der Waals surface area contributed by atoms with E-state index < -0.39 is 6.10 Å². The molecule has 0 spiro atoms. The quantitative estimate of drug-likeness (QED) is 0.450. The molecule has 0 heterocycles. The molecule has 0 aliphatic rings. The van der Waals surface area contributed by atoms with Crippen LogP contribution < -0.4 is 15.4 Å². The fourth-order valence-electron chi connectivity index (χ4n) is 3.30. The van der Waals surface area contributed by atoms with Gasteiger partial charge in [0.05, 0.1) is 0 Å². The van der Waals surface area contributed by atoms with Crippen molar-refractivity contribution in [2.45, 2.75) is 52.1 Å². The van der Waals surface area contributed by atoms with Gasteiger partial charge in [-0.25, -0.2) is 0 Å². The second-order valence-corrected chi connectivity index (χ2v) is 9.13. The van der Waals surface area contributed by atoms with E-state index in [9.17, 15) is 9.59 Å². The number of ether oxygens (including phenoxy) is 1. The standard InChI is InChI=1S/C28H32N2O3/c1-20(33-25-17-11-22(12-18-25)28(2,3)4)27(32)30-24-15-13-23(14-16-24)29-26(31)19-10-21-8-6-5-7-9-21/h5-9,11-18,20H,10,19H2,1-4H3,(H,29,31)(H,30,32)/t20-/m1/s1. The van der Waals surface area contributed by atoms with E-state index >= 15 is 0 Å². The average Bonchev–Trinajstić information content (AvgIpc) is 2.79. The zero-order valence-corrected chi connectivity index (χ0v) is 19.7. The maximum absolute atomic E-state index is 12.5. The van der Waals surface area contributed by atoms with Gasteiger partial charge in [0.1, 0.15) is 5.75 Å². The number of amides is 2. The van der Waals surface area contributed by atoms with Gasteiger partial charge in [-0.15, -0.1) is 0 Å². The monoisotopic (exact) mass is 444 g/mol. The van der Waals surface area contributed by atoms with Crippen molar-refractivity contribution in [3.05, 3.63) is 90.0 Å². The molecule has 3 rings (SSSR count). The Morgan fingerprint density at radius 3 is 1.97 bits per heavy atom. The lowest BCUT2D eigenvalue weighted by Crippen LogP contribution is -2.30. The van der Waals surface area contributed by atoms with Crippen LogP contribution in [0.1, 0.15) is 45.2 Å². The maximum atomic E-state index is 12.5. The highest BCUT2D eigenvalue weighted by Gasteiger charge is 2.17. The van der Waals surface area contributed by atoms with Crippen molar-refractivity contribution in [1.82, 2.24) is 0 Å².